The SMILES string of the molecule is COc1cc2c(cc1OC)CN(C(=O)C1CCN(C(C)C)CC1)CC2. The summed E-state index contributed by atoms with van der Waals surface area (Å²) in [6.45, 7) is 7.99. The summed E-state index contributed by atoms with van der Waals surface area (Å²) in [4.78, 5) is 17.5. The fraction of sp³-hybridized carbons (Fsp3) is 0.650. The molecule has 0 bridgehead atoms. The van der Waals surface area contributed by atoms with Gasteiger partial charge in [0, 0.05) is 25.0 Å². The van der Waals surface area contributed by atoms with E-state index in [4.69, 9.17) is 9.47 Å². The first-order valence-corrected chi connectivity index (χ1v) is 9.30. The number of ether oxygens (including phenoxy) is 2. The first-order chi connectivity index (χ1) is 12.0. The van der Waals surface area contributed by atoms with Crippen molar-refractivity contribution in [3.8, 4) is 11.5 Å². The lowest BCUT2D eigenvalue weighted by molar-refractivity contribution is -0.138. The molecule has 0 atom stereocenters. The molecule has 1 saturated heterocycles. The summed E-state index contributed by atoms with van der Waals surface area (Å²) in [5.41, 5.74) is 2.44. The van der Waals surface area contributed by atoms with Crippen molar-refractivity contribution in [2.75, 3.05) is 33.9 Å². The average molecular weight is 346 g/mol. The van der Waals surface area contributed by atoms with Gasteiger partial charge in [0.15, 0.2) is 11.5 Å². The van der Waals surface area contributed by atoms with Gasteiger partial charge in [-0.05, 0) is 69.5 Å². The number of carbonyl (C=O) groups excluding carboxylic acids is 1. The molecule has 1 fully saturated rings. The van der Waals surface area contributed by atoms with E-state index in [2.05, 4.69) is 24.8 Å². The van der Waals surface area contributed by atoms with Crippen molar-refractivity contribution in [1.29, 1.82) is 0 Å². The molecule has 1 amide bonds. The number of hydrogen-bond donors (Lipinski definition) is 0. The Kier molecular flexibility index (Phi) is 5.52. The van der Waals surface area contributed by atoms with Crippen molar-refractivity contribution in [2.45, 2.75) is 45.7 Å². The quantitative estimate of drug-likeness (QED) is 0.841. The van der Waals surface area contributed by atoms with Crippen LogP contribution in [0.2, 0.25) is 0 Å². The molecule has 2 aliphatic rings. The largest absolute Gasteiger partial charge is 0.493 e. The lowest BCUT2D eigenvalue weighted by atomic mass is 9.92. The average Bonchev–Trinajstić information content (AvgIpc) is 2.65. The molecule has 1 aromatic carbocycles. The van der Waals surface area contributed by atoms with E-state index in [1.807, 2.05) is 11.0 Å². The lowest BCUT2D eigenvalue weighted by Gasteiger charge is -2.37. The minimum absolute atomic E-state index is 0.177. The molecule has 0 saturated carbocycles. The summed E-state index contributed by atoms with van der Waals surface area (Å²) in [6, 6.07) is 4.65. The van der Waals surface area contributed by atoms with Crippen LogP contribution in [0.3, 0.4) is 0 Å². The third-order valence-electron chi connectivity index (χ3n) is 5.64. The smallest absolute Gasteiger partial charge is 0.226 e. The van der Waals surface area contributed by atoms with Gasteiger partial charge < -0.3 is 19.3 Å². The third-order valence-corrected chi connectivity index (χ3v) is 5.64. The molecule has 2 heterocycles. The number of likely N-dealkylation sites (tertiary alicyclic amines) is 1. The molecule has 0 aliphatic carbocycles. The predicted octanol–water partition coefficient (Wildman–Crippen LogP) is 2.71. The van der Waals surface area contributed by atoms with Gasteiger partial charge in [-0.2, -0.15) is 0 Å². The van der Waals surface area contributed by atoms with E-state index in [0.717, 1.165) is 50.4 Å². The summed E-state index contributed by atoms with van der Waals surface area (Å²) in [5, 5.41) is 0. The van der Waals surface area contributed by atoms with E-state index in [-0.39, 0.29) is 5.92 Å². The van der Waals surface area contributed by atoms with Crippen molar-refractivity contribution >= 4 is 5.91 Å². The Balaban J connectivity index is 1.67. The van der Waals surface area contributed by atoms with Crippen LogP contribution in [0.1, 0.15) is 37.8 Å². The lowest BCUT2D eigenvalue weighted by Crippen LogP contribution is -2.45. The Morgan fingerprint density at radius 3 is 2.20 bits per heavy atom. The minimum atomic E-state index is 0.177. The zero-order valence-electron chi connectivity index (χ0n) is 15.9. The van der Waals surface area contributed by atoms with E-state index in [1.54, 1.807) is 14.2 Å². The standard InChI is InChI=1S/C20H30N2O3/c1-14(2)21-8-5-15(6-9-21)20(23)22-10-7-16-11-18(24-3)19(25-4)12-17(16)13-22/h11-12,14-15H,5-10,13H2,1-4H3. The highest BCUT2D eigenvalue weighted by molar-refractivity contribution is 5.79. The third kappa shape index (κ3) is 3.76. The summed E-state index contributed by atoms with van der Waals surface area (Å²) in [6.07, 6.45) is 2.84. The van der Waals surface area contributed by atoms with Crippen LogP contribution in [0.25, 0.3) is 0 Å². The first kappa shape index (κ1) is 18.1. The molecule has 0 radical (unpaired) electrons. The molecule has 0 N–H and O–H groups in total. The molecule has 3 rings (SSSR count). The molecule has 0 spiro atoms. The van der Waals surface area contributed by atoms with E-state index in [1.165, 1.54) is 11.1 Å². The summed E-state index contributed by atoms with van der Waals surface area (Å²) >= 11 is 0. The van der Waals surface area contributed by atoms with Crippen LogP contribution < -0.4 is 9.47 Å². The maximum Gasteiger partial charge on any atom is 0.226 e. The Bertz CT molecular complexity index is 622. The second-order valence-electron chi connectivity index (χ2n) is 7.39. The van der Waals surface area contributed by atoms with Gasteiger partial charge in [0.25, 0.3) is 0 Å². The fourth-order valence-corrected chi connectivity index (χ4v) is 3.99. The molecule has 25 heavy (non-hydrogen) atoms. The fourth-order valence-electron chi connectivity index (χ4n) is 3.99. The highest BCUT2D eigenvalue weighted by Crippen LogP contribution is 2.34. The highest BCUT2D eigenvalue weighted by atomic mass is 16.5. The van der Waals surface area contributed by atoms with Crippen LogP contribution in [-0.2, 0) is 17.8 Å². The normalized spacial score (nSPS) is 19.0. The number of hydrogen-bond acceptors (Lipinski definition) is 4. The van der Waals surface area contributed by atoms with Crippen LogP contribution in [0.4, 0.5) is 0 Å². The van der Waals surface area contributed by atoms with E-state index in [9.17, 15) is 4.79 Å². The van der Waals surface area contributed by atoms with Crippen molar-refractivity contribution < 1.29 is 14.3 Å². The molecule has 138 valence electrons. The predicted molar refractivity (Wildman–Crippen MR) is 98.1 cm³/mol. The second-order valence-corrected chi connectivity index (χ2v) is 7.39. The van der Waals surface area contributed by atoms with E-state index in [0.29, 0.717) is 18.5 Å². The molecule has 0 unspecified atom stereocenters. The Labute approximate surface area is 150 Å². The van der Waals surface area contributed by atoms with Gasteiger partial charge in [-0.3, -0.25) is 4.79 Å². The molecule has 5 nitrogen and oxygen atoms in total. The summed E-state index contributed by atoms with van der Waals surface area (Å²) in [7, 11) is 3.31. The van der Waals surface area contributed by atoms with Gasteiger partial charge in [-0.25, -0.2) is 0 Å². The molecule has 5 heteroatoms. The maximum absolute atomic E-state index is 13.0. The van der Waals surface area contributed by atoms with Crippen LogP contribution in [0, 0.1) is 5.92 Å². The van der Waals surface area contributed by atoms with Crippen LogP contribution in [-0.4, -0.2) is 55.6 Å². The zero-order chi connectivity index (χ0) is 18.0. The van der Waals surface area contributed by atoms with E-state index >= 15 is 0 Å². The molecule has 1 aromatic rings. The summed E-state index contributed by atoms with van der Waals surface area (Å²) < 4.78 is 10.8. The monoisotopic (exact) mass is 346 g/mol. The van der Waals surface area contributed by atoms with Crippen molar-refractivity contribution in [2.24, 2.45) is 5.92 Å². The van der Waals surface area contributed by atoms with Gasteiger partial charge in [0.05, 0.1) is 14.2 Å². The second kappa shape index (κ2) is 7.65. The zero-order valence-corrected chi connectivity index (χ0v) is 15.9. The van der Waals surface area contributed by atoms with E-state index < -0.39 is 0 Å². The Morgan fingerprint density at radius 1 is 1.04 bits per heavy atom. The van der Waals surface area contributed by atoms with Crippen LogP contribution >= 0.6 is 0 Å². The Morgan fingerprint density at radius 2 is 1.64 bits per heavy atom. The van der Waals surface area contributed by atoms with Gasteiger partial charge in [0.1, 0.15) is 0 Å². The number of nitrogens with zero attached hydrogens (tertiary/aromatic N) is 2. The van der Waals surface area contributed by atoms with Crippen molar-refractivity contribution in [3.05, 3.63) is 23.3 Å². The number of amides is 1. The minimum Gasteiger partial charge on any atom is -0.493 e. The molecular weight excluding hydrogens is 316 g/mol. The van der Waals surface area contributed by atoms with Gasteiger partial charge in [0.2, 0.25) is 5.91 Å². The number of methoxy groups -OCH3 is 2. The number of rotatable bonds is 4. The van der Waals surface area contributed by atoms with Crippen LogP contribution in [0.15, 0.2) is 12.1 Å². The number of carbonyl (C=O) groups is 1. The van der Waals surface area contributed by atoms with Crippen molar-refractivity contribution in [1.82, 2.24) is 9.80 Å². The van der Waals surface area contributed by atoms with Gasteiger partial charge >= 0.3 is 0 Å². The molecular formula is C20H30N2O3. The highest BCUT2D eigenvalue weighted by Gasteiger charge is 2.31. The number of benzene rings is 1. The summed E-state index contributed by atoms with van der Waals surface area (Å²) in [5.74, 6) is 2.00. The Hall–Kier alpha value is -1.75. The van der Waals surface area contributed by atoms with Gasteiger partial charge in [-0.1, -0.05) is 0 Å². The first-order valence-electron chi connectivity index (χ1n) is 9.30. The van der Waals surface area contributed by atoms with Crippen LogP contribution in [0.5, 0.6) is 11.5 Å². The van der Waals surface area contributed by atoms with Gasteiger partial charge in [-0.15, -0.1) is 0 Å². The number of fused-ring (bicyclic) bond motifs is 1. The molecule has 0 aromatic heterocycles. The van der Waals surface area contributed by atoms with Crippen molar-refractivity contribution in [3.63, 3.8) is 0 Å². The maximum atomic E-state index is 13.0. The molecule has 2 aliphatic heterocycles. The topological polar surface area (TPSA) is 42.0 Å². The number of piperidine rings is 1.